The zero-order valence-corrected chi connectivity index (χ0v) is 11.4. The van der Waals surface area contributed by atoms with Gasteiger partial charge in [-0.25, -0.2) is 9.78 Å². The molecule has 0 aromatic carbocycles. The molecule has 18 heavy (non-hydrogen) atoms. The number of aromatic nitrogens is 1. The van der Waals surface area contributed by atoms with Gasteiger partial charge in [0.25, 0.3) is 0 Å². The van der Waals surface area contributed by atoms with Crippen molar-refractivity contribution in [2.45, 2.75) is 49.3 Å². The van der Waals surface area contributed by atoms with Gasteiger partial charge in [-0.15, -0.1) is 11.8 Å². The van der Waals surface area contributed by atoms with Gasteiger partial charge in [0, 0.05) is 11.4 Å². The van der Waals surface area contributed by atoms with Gasteiger partial charge in [-0.2, -0.15) is 0 Å². The highest BCUT2D eigenvalue weighted by Crippen LogP contribution is 2.36. The summed E-state index contributed by atoms with van der Waals surface area (Å²) in [6.45, 7) is 2.27. The number of hydrogen-bond donors (Lipinski definition) is 1. The molecule has 4 heteroatoms. The molecule has 0 unspecified atom stereocenters. The number of rotatable bonds is 4. The summed E-state index contributed by atoms with van der Waals surface area (Å²) in [7, 11) is 0. The van der Waals surface area contributed by atoms with Crippen LogP contribution in [0.25, 0.3) is 0 Å². The molecule has 2 rings (SSSR count). The number of thioether (sulfide) groups is 1. The Morgan fingerprint density at radius 3 is 2.61 bits per heavy atom. The molecule has 3 nitrogen and oxygen atoms in total. The summed E-state index contributed by atoms with van der Waals surface area (Å²) in [6.07, 6.45) is 7.89. The molecule has 0 atom stereocenters. The minimum Gasteiger partial charge on any atom is -0.478 e. The monoisotopic (exact) mass is 265 g/mol. The first-order valence-electron chi connectivity index (χ1n) is 6.55. The van der Waals surface area contributed by atoms with E-state index in [9.17, 15) is 4.79 Å². The van der Waals surface area contributed by atoms with E-state index in [0.717, 1.165) is 10.9 Å². The van der Waals surface area contributed by atoms with Gasteiger partial charge in [0.15, 0.2) is 0 Å². The van der Waals surface area contributed by atoms with Crippen molar-refractivity contribution in [1.82, 2.24) is 4.98 Å². The number of carboxylic acids is 1. The second-order valence-corrected chi connectivity index (χ2v) is 6.18. The van der Waals surface area contributed by atoms with Crippen LogP contribution < -0.4 is 0 Å². The zero-order chi connectivity index (χ0) is 13.0. The number of carbonyl (C=O) groups is 1. The van der Waals surface area contributed by atoms with E-state index >= 15 is 0 Å². The molecule has 0 amide bonds. The molecule has 1 aromatic rings. The maximum Gasteiger partial charge on any atom is 0.337 e. The Balaban J connectivity index is 1.88. The summed E-state index contributed by atoms with van der Waals surface area (Å²) in [5, 5.41) is 10.4. The largest absolute Gasteiger partial charge is 0.478 e. The maximum absolute atomic E-state index is 10.7. The first-order valence-corrected chi connectivity index (χ1v) is 7.43. The van der Waals surface area contributed by atoms with E-state index in [2.05, 4.69) is 11.9 Å². The van der Waals surface area contributed by atoms with Crippen molar-refractivity contribution in [3.05, 3.63) is 23.9 Å². The second-order valence-electron chi connectivity index (χ2n) is 4.86. The van der Waals surface area contributed by atoms with Crippen molar-refractivity contribution in [2.75, 3.05) is 0 Å². The Labute approximate surface area is 112 Å². The van der Waals surface area contributed by atoms with E-state index in [-0.39, 0.29) is 5.56 Å². The fraction of sp³-hybridized carbons (Fsp3) is 0.571. The number of nitrogens with zero attached hydrogens (tertiary/aromatic N) is 1. The molecule has 1 aliphatic rings. The van der Waals surface area contributed by atoms with Gasteiger partial charge in [-0.05, 0) is 43.7 Å². The normalized spacial score (nSPS) is 23.8. The molecule has 0 bridgehead atoms. The average Bonchev–Trinajstić information content (AvgIpc) is 2.40. The van der Waals surface area contributed by atoms with Crippen LogP contribution in [0.3, 0.4) is 0 Å². The summed E-state index contributed by atoms with van der Waals surface area (Å²) in [4.78, 5) is 14.9. The first-order chi connectivity index (χ1) is 8.69. The Kier molecular flexibility index (Phi) is 4.64. The van der Waals surface area contributed by atoms with E-state index in [4.69, 9.17) is 5.11 Å². The maximum atomic E-state index is 10.7. The van der Waals surface area contributed by atoms with Crippen LogP contribution in [0, 0.1) is 5.92 Å². The second kappa shape index (κ2) is 6.23. The van der Waals surface area contributed by atoms with Gasteiger partial charge in [0.05, 0.1) is 10.6 Å². The zero-order valence-electron chi connectivity index (χ0n) is 10.6. The molecule has 0 radical (unpaired) electrons. The van der Waals surface area contributed by atoms with Crippen LogP contribution in [0.5, 0.6) is 0 Å². The number of hydrogen-bond acceptors (Lipinski definition) is 3. The lowest BCUT2D eigenvalue weighted by molar-refractivity contribution is 0.0696. The van der Waals surface area contributed by atoms with Crippen LogP contribution in [0.15, 0.2) is 23.4 Å². The third kappa shape index (κ3) is 3.48. The summed E-state index contributed by atoms with van der Waals surface area (Å²) in [6, 6.07) is 3.45. The van der Waals surface area contributed by atoms with Crippen LogP contribution in [0.1, 0.15) is 49.4 Å². The van der Waals surface area contributed by atoms with Crippen molar-refractivity contribution in [3.8, 4) is 0 Å². The van der Waals surface area contributed by atoms with Crippen molar-refractivity contribution in [2.24, 2.45) is 5.92 Å². The molecule has 0 spiro atoms. The fourth-order valence-electron chi connectivity index (χ4n) is 2.41. The van der Waals surface area contributed by atoms with Gasteiger partial charge in [0.2, 0.25) is 0 Å². The molecular formula is C14H19NO2S. The quantitative estimate of drug-likeness (QED) is 0.898. The first kappa shape index (κ1) is 13.4. The molecule has 1 saturated carbocycles. The topological polar surface area (TPSA) is 50.2 Å². The minimum atomic E-state index is -0.914. The van der Waals surface area contributed by atoms with Crippen LogP contribution in [-0.2, 0) is 0 Å². The van der Waals surface area contributed by atoms with Crippen LogP contribution in [-0.4, -0.2) is 21.3 Å². The summed E-state index contributed by atoms with van der Waals surface area (Å²) >= 11 is 1.79. The Bertz CT molecular complexity index is 397. The van der Waals surface area contributed by atoms with Crippen LogP contribution in [0.4, 0.5) is 0 Å². The van der Waals surface area contributed by atoms with E-state index in [1.54, 1.807) is 17.8 Å². The molecule has 98 valence electrons. The lowest BCUT2D eigenvalue weighted by atomic mass is 9.87. The van der Waals surface area contributed by atoms with Crippen LogP contribution in [0.2, 0.25) is 0 Å². The Hall–Kier alpha value is -1.03. The number of pyridine rings is 1. The lowest BCUT2D eigenvalue weighted by Gasteiger charge is -2.26. The average molecular weight is 265 g/mol. The predicted molar refractivity (Wildman–Crippen MR) is 73.1 cm³/mol. The van der Waals surface area contributed by atoms with Crippen LogP contribution >= 0.6 is 11.8 Å². The van der Waals surface area contributed by atoms with Crippen molar-refractivity contribution in [1.29, 1.82) is 0 Å². The van der Waals surface area contributed by atoms with Gasteiger partial charge in [-0.1, -0.05) is 13.3 Å². The summed E-state index contributed by atoms with van der Waals surface area (Å²) in [5.41, 5.74) is 0.258. The Morgan fingerprint density at radius 2 is 2.11 bits per heavy atom. The van der Waals surface area contributed by atoms with Gasteiger partial charge in [0.1, 0.15) is 0 Å². The third-order valence-corrected chi connectivity index (χ3v) is 4.93. The molecule has 0 saturated heterocycles. The highest BCUT2D eigenvalue weighted by atomic mass is 32.2. The minimum absolute atomic E-state index is 0.258. The predicted octanol–water partition coefficient (Wildman–Crippen LogP) is 3.84. The molecule has 1 heterocycles. The van der Waals surface area contributed by atoms with E-state index in [1.807, 2.05) is 6.07 Å². The van der Waals surface area contributed by atoms with E-state index < -0.39 is 5.97 Å². The number of aromatic carboxylic acids is 1. The molecule has 1 N–H and O–H groups in total. The standard InChI is InChI=1S/C14H19NO2S/c1-2-10-3-6-12(7-4-10)18-13-8-5-11(9-15-13)14(16)17/h5,8-10,12H,2-4,6-7H2,1H3,(H,16,17). The van der Waals surface area contributed by atoms with Gasteiger partial charge in [-0.3, -0.25) is 0 Å². The van der Waals surface area contributed by atoms with Gasteiger partial charge >= 0.3 is 5.97 Å². The smallest absolute Gasteiger partial charge is 0.337 e. The van der Waals surface area contributed by atoms with E-state index in [1.165, 1.54) is 38.3 Å². The molecule has 1 aromatic heterocycles. The highest BCUT2D eigenvalue weighted by molar-refractivity contribution is 7.99. The number of carboxylic acid groups (broad SMARTS) is 1. The van der Waals surface area contributed by atoms with Crippen molar-refractivity contribution >= 4 is 17.7 Å². The molecule has 1 fully saturated rings. The highest BCUT2D eigenvalue weighted by Gasteiger charge is 2.21. The SMILES string of the molecule is CCC1CCC(Sc2ccc(C(=O)O)cn2)CC1. The van der Waals surface area contributed by atoms with E-state index in [0.29, 0.717) is 5.25 Å². The fourth-order valence-corrected chi connectivity index (χ4v) is 3.51. The summed E-state index contributed by atoms with van der Waals surface area (Å²) < 4.78 is 0. The molecular weight excluding hydrogens is 246 g/mol. The molecule has 1 aliphatic carbocycles. The van der Waals surface area contributed by atoms with Gasteiger partial charge < -0.3 is 5.11 Å². The molecule has 0 aliphatic heterocycles. The third-order valence-electron chi connectivity index (χ3n) is 3.64. The van der Waals surface area contributed by atoms with Crippen molar-refractivity contribution in [3.63, 3.8) is 0 Å². The lowest BCUT2D eigenvalue weighted by Crippen LogP contribution is -2.15. The van der Waals surface area contributed by atoms with Crippen molar-refractivity contribution < 1.29 is 9.90 Å². The Morgan fingerprint density at radius 1 is 1.39 bits per heavy atom. The summed E-state index contributed by atoms with van der Waals surface area (Å²) in [5.74, 6) is -0.00769.